The smallest absolute Gasteiger partial charge is 0.253 e. The van der Waals surface area contributed by atoms with Gasteiger partial charge in [0, 0.05) is 17.6 Å². The van der Waals surface area contributed by atoms with Gasteiger partial charge in [-0.2, -0.15) is 0 Å². The summed E-state index contributed by atoms with van der Waals surface area (Å²) in [5.74, 6) is 0.376. The number of hydrogen-bond donors (Lipinski definition) is 3. The minimum Gasteiger partial charge on any atom is -0.504 e. The van der Waals surface area contributed by atoms with Crippen molar-refractivity contribution in [3.05, 3.63) is 58.8 Å². The number of methoxy groups -OCH3 is 1. The molecule has 0 spiro atoms. The van der Waals surface area contributed by atoms with Gasteiger partial charge in [0.25, 0.3) is 5.91 Å². The molecule has 0 unspecified atom stereocenters. The average Bonchev–Trinajstić information content (AvgIpc) is 3.06. The zero-order valence-corrected chi connectivity index (χ0v) is 14.8. The van der Waals surface area contributed by atoms with Crippen molar-refractivity contribution in [1.29, 1.82) is 0 Å². The lowest BCUT2D eigenvalue weighted by molar-refractivity contribution is 0.0952. The topological polar surface area (TPSA) is 74.3 Å². The van der Waals surface area contributed by atoms with Crippen molar-refractivity contribution >= 4 is 16.8 Å². The van der Waals surface area contributed by atoms with Crippen LogP contribution in [0.25, 0.3) is 10.9 Å². The molecule has 1 heterocycles. The number of aryl methyl sites for hydroxylation is 2. The van der Waals surface area contributed by atoms with Crippen molar-refractivity contribution in [2.24, 2.45) is 0 Å². The summed E-state index contributed by atoms with van der Waals surface area (Å²) in [7, 11) is 1.51. The normalized spacial score (nSPS) is 13.4. The number of amides is 1. The lowest BCUT2D eigenvalue weighted by Gasteiger charge is -2.10. The Morgan fingerprint density at radius 3 is 2.92 bits per heavy atom. The quantitative estimate of drug-likeness (QED) is 0.672. The van der Waals surface area contributed by atoms with Gasteiger partial charge in [0.2, 0.25) is 0 Å². The molecule has 5 nitrogen and oxygen atoms in total. The number of carbonyl (C=O) groups is 1. The molecule has 0 atom stereocenters. The number of hydrogen-bond acceptors (Lipinski definition) is 3. The average molecular weight is 350 g/mol. The van der Waals surface area contributed by atoms with Crippen LogP contribution in [-0.4, -0.2) is 23.1 Å². The summed E-state index contributed by atoms with van der Waals surface area (Å²) in [6.07, 6.45) is 4.54. The number of phenols is 1. The minimum atomic E-state index is -0.110. The van der Waals surface area contributed by atoms with E-state index in [9.17, 15) is 9.90 Å². The molecule has 1 aliphatic carbocycles. The number of phenolic OH excluding ortho intramolecular Hbond substituents is 1. The van der Waals surface area contributed by atoms with Gasteiger partial charge in [0.1, 0.15) is 0 Å². The summed E-state index contributed by atoms with van der Waals surface area (Å²) in [5, 5.41) is 13.8. The number of rotatable bonds is 4. The maximum Gasteiger partial charge on any atom is 0.253 e. The molecule has 2 aromatic carbocycles. The SMILES string of the molecule is COc1cc(CNC(=O)c2cccc3c4c([nH]c23)CCCC4)ccc1O. The third kappa shape index (κ3) is 2.90. The third-order valence-corrected chi connectivity index (χ3v) is 5.08. The Morgan fingerprint density at radius 1 is 1.23 bits per heavy atom. The molecule has 3 N–H and O–H groups in total. The summed E-state index contributed by atoms with van der Waals surface area (Å²) in [4.78, 5) is 16.2. The molecule has 0 aliphatic heterocycles. The number of aromatic amines is 1. The van der Waals surface area contributed by atoms with E-state index in [2.05, 4.69) is 16.4 Å². The molecule has 0 saturated carbocycles. The van der Waals surface area contributed by atoms with Crippen LogP contribution in [0.3, 0.4) is 0 Å². The van der Waals surface area contributed by atoms with Gasteiger partial charge in [-0.1, -0.05) is 18.2 Å². The van der Waals surface area contributed by atoms with Gasteiger partial charge in [-0.25, -0.2) is 0 Å². The van der Waals surface area contributed by atoms with Crippen molar-refractivity contribution in [3.8, 4) is 11.5 Å². The molecule has 26 heavy (non-hydrogen) atoms. The zero-order chi connectivity index (χ0) is 18.1. The Balaban J connectivity index is 1.58. The number of fused-ring (bicyclic) bond motifs is 3. The van der Waals surface area contributed by atoms with Gasteiger partial charge in [-0.15, -0.1) is 0 Å². The highest BCUT2D eigenvalue weighted by Gasteiger charge is 2.19. The number of H-pyrrole nitrogens is 1. The Labute approximate surface area is 152 Å². The number of aromatic hydroxyl groups is 1. The van der Waals surface area contributed by atoms with E-state index in [4.69, 9.17) is 4.74 Å². The Kier molecular flexibility index (Phi) is 4.29. The van der Waals surface area contributed by atoms with E-state index in [0.717, 1.165) is 23.9 Å². The van der Waals surface area contributed by atoms with Crippen molar-refractivity contribution in [1.82, 2.24) is 10.3 Å². The van der Waals surface area contributed by atoms with Crippen molar-refractivity contribution in [3.63, 3.8) is 0 Å². The maximum atomic E-state index is 12.8. The van der Waals surface area contributed by atoms with Crippen molar-refractivity contribution < 1.29 is 14.6 Å². The molecule has 1 amide bonds. The first-order chi connectivity index (χ1) is 12.7. The van der Waals surface area contributed by atoms with Crippen LogP contribution in [0.15, 0.2) is 36.4 Å². The molecule has 134 valence electrons. The third-order valence-electron chi connectivity index (χ3n) is 5.08. The number of benzene rings is 2. The van der Waals surface area contributed by atoms with E-state index in [0.29, 0.717) is 17.9 Å². The standard InChI is InChI=1S/C21H22N2O3/c1-26-19-11-13(9-10-18(19)24)12-22-21(25)16-7-4-6-15-14-5-2-3-8-17(14)23-20(15)16/h4,6-7,9-11,23-24H,2-3,5,8,12H2,1H3,(H,22,25). The number of ether oxygens (including phenoxy) is 1. The lowest BCUT2D eigenvalue weighted by Crippen LogP contribution is -2.23. The maximum absolute atomic E-state index is 12.8. The first kappa shape index (κ1) is 16.5. The van der Waals surface area contributed by atoms with Crippen LogP contribution < -0.4 is 10.1 Å². The monoisotopic (exact) mass is 350 g/mol. The van der Waals surface area contributed by atoms with Crippen molar-refractivity contribution in [2.75, 3.05) is 7.11 Å². The summed E-state index contributed by atoms with van der Waals surface area (Å²) in [6, 6.07) is 11.0. The fourth-order valence-electron chi connectivity index (χ4n) is 3.73. The number of carbonyl (C=O) groups excluding carboxylic acids is 1. The van der Waals surface area contributed by atoms with Crippen LogP contribution >= 0.6 is 0 Å². The largest absolute Gasteiger partial charge is 0.504 e. The summed E-state index contributed by atoms with van der Waals surface area (Å²) in [6.45, 7) is 0.367. The molecule has 0 saturated heterocycles. The zero-order valence-electron chi connectivity index (χ0n) is 14.8. The highest BCUT2D eigenvalue weighted by atomic mass is 16.5. The highest BCUT2D eigenvalue weighted by molar-refractivity contribution is 6.06. The molecule has 1 aliphatic rings. The molecular formula is C21H22N2O3. The van der Waals surface area contributed by atoms with Gasteiger partial charge in [-0.3, -0.25) is 4.79 Å². The summed E-state index contributed by atoms with van der Waals surface area (Å²) in [5.41, 5.74) is 5.10. The molecule has 4 rings (SSSR count). The second-order valence-corrected chi connectivity index (χ2v) is 6.71. The van der Waals surface area contributed by atoms with Crippen LogP contribution in [0.1, 0.15) is 40.0 Å². The molecule has 1 aromatic heterocycles. The number of para-hydroxylation sites is 1. The van der Waals surface area contributed by atoms with Crippen molar-refractivity contribution in [2.45, 2.75) is 32.2 Å². The molecular weight excluding hydrogens is 328 g/mol. The molecule has 0 radical (unpaired) electrons. The second-order valence-electron chi connectivity index (χ2n) is 6.71. The van der Waals surface area contributed by atoms with Crippen LogP contribution in [0.5, 0.6) is 11.5 Å². The van der Waals surface area contributed by atoms with E-state index in [1.54, 1.807) is 18.2 Å². The molecule has 5 heteroatoms. The van der Waals surface area contributed by atoms with Gasteiger partial charge in [-0.05, 0) is 55.0 Å². The van der Waals surface area contributed by atoms with Crippen LogP contribution in [-0.2, 0) is 19.4 Å². The predicted octanol–water partition coefficient (Wildman–Crippen LogP) is 3.69. The highest BCUT2D eigenvalue weighted by Crippen LogP contribution is 2.31. The van der Waals surface area contributed by atoms with Crippen LogP contribution in [0, 0.1) is 0 Å². The van der Waals surface area contributed by atoms with Gasteiger partial charge >= 0.3 is 0 Å². The second kappa shape index (κ2) is 6.75. The first-order valence-electron chi connectivity index (χ1n) is 8.94. The summed E-state index contributed by atoms with van der Waals surface area (Å²) < 4.78 is 5.11. The fraction of sp³-hybridized carbons (Fsp3) is 0.286. The van der Waals surface area contributed by atoms with Crippen LogP contribution in [0.4, 0.5) is 0 Å². The minimum absolute atomic E-state index is 0.0873. The van der Waals surface area contributed by atoms with E-state index < -0.39 is 0 Å². The van der Waals surface area contributed by atoms with E-state index >= 15 is 0 Å². The van der Waals surface area contributed by atoms with Gasteiger partial charge in [0.15, 0.2) is 11.5 Å². The lowest BCUT2D eigenvalue weighted by atomic mass is 9.95. The Hall–Kier alpha value is -2.95. The van der Waals surface area contributed by atoms with E-state index in [1.165, 1.54) is 36.6 Å². The number of aromatic nitrogens is 1. The van der Waals surface area contributed by atoms with E-state index in [-0.39, 0.29) is 11.7 Å². The summed E-state index contributed by atoms with van der Waals surface area (Å²) >= 11 is 0. The predicted molar refractivity (Wildman–Crippen MR) is 101 cm³/mol. The Morgan fingerprint density at radius 2 is 2.08 bits per heavy atom. The van der Waals surface area contributed by atoms with Gasteiger partial charge in [0.05, 0.1) is 18.2 Å². The number of nitrogens with one attached hydrogen (secondary N) is 2. The van der Waals surface area contributed by atoms with E-state index in [1.807, 2.05) is 12.1 Å². The van der Waals surface area contributed by atoms with Crippen LogP contribution in [0.2, 0.25) is 0 Å². The molecule has 3 aromatic rings. The first-order valence-corrected chi connectivity index (χ1v) is 8.94. The molecule has 0 bridgehead atoms. The van der Waals surface area contributed by atoms with Gasteiger partial charge < -0.3 is 20.1 Å². The fourth-order valence-corrected chi connectivity index (χ4v) is 3.73. The Bertz CT molecular complexity index is 975. The molecule has 0 fully saturated rings.